The lowest BCUT2D eigenvalue weighted by atomic mass is 9.96. The predicted octanol–water partition coefficient (Wildman–Crippen LogP) is 4.69. The summed E-state index contributed by atoms with van der Waals surface area (Å²) in [5, 5.41) is 0. The second kappa shape index (κ2) is 5.31. The summed E-state index contributed by atoms with van der Waals surface area (Å²) in [6.45, 7) is 5.99. The van der Waals surface area contributed by atoms with E-state index in [1.54, 1.807) is 0 Å². The Balaban J connectivity index is 2.51. The second-order valence-electron chi connectivity index (χ2n) is 4.14. The Morgan fingerprint density at radius 3 is 1.59 bits per heavy atom. The van der Waals surface area contributed by atoms with E-state index in [4.69, 9.17) is 0 Å². The van der Waals surface area contributed by atoms with Crippen LogP contribution >= 0.6 is 0 Å². The number of hydrogen-bond acceptors (Lipinski definition) is 0. The third-order valence-electron chi connectivity index (χ3n) is 2.56. The summed E-state index contributed by atoms with van der Waals surface area (Å²) in [5.74, 6) is 0. The summed E-state index contributed by atoms with van der Waals surface area (Å²) in [5.41, 5.74) is 4.73. The first-order chi connectivity index (χ1) is 8.27. The van der Waals surface area contributed by atoms with Crippen molar-refractivity contribution in [2.24, 2.45) is 0 Å². The number of benzene rings is 2. The molecule has 0 heteroatoms. The van der Waals surface area contributed by atoms with Gasteiger partial charge in [-0.25, -0.2) is 0 Å². The molecule has 0 unspecified atom stereocenters. The van der Waals surface area contributed by atoms with Crippen LogP contribution in [-0.4, -0.2) is 0 Å². The van der Waals surface area contributed by atoms with E-state index < -0.39 is 0 Å². The zero-order valence-electron chi connectivity index (χ0n) is 10.1. The van der Waals surface area contributed by atoms with E-state index in [9.17, 15) is 0 Å². The van der Waals surface area contributed by atoms with Gasteiger partial charge >= 0.3 is 0 Å². The normalized spacial score (nSPS) is 9.71. The molecule has 17 heavy (non-hydrogen) atoms. The summed E-state index contributed by atoms with van der Waals surface area (Å²) >= 11 is 0. The van der Waals surface area contributed by atoms with Crippen LogP contribution in [0.5, 0.6) is 0 Å². The van der Waals surface area contributed by atoms with Crippen LogP contribution in [0.1, 0.15) is 18.1 Å². The van der Waals surface area contributed by atoms with Gasteiger partial charge in [0, 0.05) is 0 Å². The third kappa shape index (κ3) is 2.94. The fourth-order valence-corrected chi connectivity index (χ4v) is 1.82. The van der Waals surface area contributed by atoms with E-state index in [1.807, 2.05) is 19.1 Å². The molecule has 0 amide bonds. The number of allylic oxidation sites excluding steroid dienone is 2. The van der Waals surface area contributed by atoms with Gasteiger partial charge in [-0.15, -0.1) is 0 Å². The highest BCUT2D eigenvalue weighted by Crippen LogP contribution is 2.24. The Hall–Kier alpha value is -2.08. The Kier molecular flexibility index (Phi) is 3.56. The van der Waals surface area contributed by atoms with E-state index in [2.05, 4.69) is 61.2 Å². The first-order valence-corrected chi connectivity index (χ1v) is 5.75. The van der Waals surface area contributed by atoms with Crippen molar-refractivity contribution in [3.05, 3.63) is 90.0 Å². The minimum Gasteiger partial charge on any atom is -0.0961 e. The highest BCUT2D eigenvalue weighted by atomic mass is 14.1. The van der Waals surface area contributed by atoms with Gasteiger partial charge in [0.1, 0.15) is 0 Å². The first kappa shape index (κ1) is 11.4. The number of rotatable bonds is 3. The largest absolute Gasteiger partial charge is 0.0961 e. The lowest BCUT2D eigenvalue weighted by Gasteiger charge is -2.08. The smallest absolute Gasteiger partial charge is 0.0109 e. The van der Waals surface area contributed by atoms with Crippen molar-refractivity contribution >= 4 is 5.57 Å². The third-order valence-corrected chi connectivity index (χ3v) is 2.56. The monoisotopic (exact) mass is 220 g/mol. The molecule has 0 atom stereocenters. The first-order valence-electron chi connectivity index (χ1n) is 5.75. The average molecular weight is 220 g/mol. The van der Waals surface area contributed by atoms with Crippen molar-refractivity contribution in [1.29, 1.82) is 0 Å². The molecule has 2 aromatic carbocycles. The highest BCUT2D eigenvalue weighted by Gasteiger charge is 2.03. The molecule has 0 nitrogen and oxygen atoms in total. The van der Waals surface area contributed by atoms with E-state index in [-0.39, 0.29) is 0 Å². The molecule has 0 N–H and O–H groups in total. The Labute approximate surface area is 103 Å². The molecule has 0 aromatic heterocycles. The maximum Gasteiger partial charge on any atom is -0.0109 e. The fourth-order valence-electron chi connectivity index (χ4n) is 1.82. The molecule has 0 fully saturated rings. The molecule has 2 rings (SSSR count). The molecule has 2 aromatic rings. The Morgan fingerprint density at radius 2 is 1.24 bits per heavy atom. The maximum atomic E-state index is 3.97. The lowest BCUT2D eigenvalue weighted by Crippen LogP contribution is -1.87. The molecule has 0 spiro atoms. The fraction of sp³-hybridized carbons (Fsp3) is 0.0588. The molecule has 0 aliphatic heterocycles. The van der Waals surface area contributed by atoms with Gasteiger partial charge in [-0.1, -0.05) is 78.9 Å². The van der Waals surface area contributed by atoms with Crippen LogP contribution in [0.15, 0.2) is 78.9 Å². The summed E-state index contributed by atoms with van der Waals surface area (Å²) < 4.78 is 0. The van der Waals surface area contributed by atoms with Crippen LogP contribution in [0.3, 0.4) is 0 Å². The summed E-state index contributed by atoms with van der Waals surface area (Å²) in [6, 6.07) is 20.8. The van der Waals surface area contributed by atoms with Gasteiger partial charge in [-0.05, 0) is 23.6 Å². The lowest BCUT2D eigenvalue weighted by molar-refractivity contribution is 1.50. The molecular formula is C17H16. The molecule has 0 saturated heterocycles. The van der Waals surface area contributed by atoms with Crippen LogP contribution in [0.2, 0.25) is 0 Å². The van der Waals surface area contributed by atoms with Crippen molar-refractivity contribution in [3.8, 4) is 0 Å². The van der Waals surface area contributed by atoms with Crippen molar-refractivity contribution < 1.29 is 0 Å². The molecule has 0 aliphatic rings. The average Bonchev–Trinajstić information content (AvgIpc) is 2.38. The minimum absolute atomic E-state index is 1.06. The molecule has 0 radical (unpaired) electrons. The zero-order chi connectivity index (χ0) is 12.1. The van der Waals surface area contributed by atoms with E-state index in [1.165, 1.54) is 16.7 Å². The minimum atomic E-state index is 1.06. The Bertz CT molecular complexity index is 477. The van der Waals surface area contributed by atoms with Gasteiger partial charge in [0.25, 0.3) is 0 Å². The van der Waals surface area contributed by atoms with Gasteiger partial charge in [0.2, 0.25) is 0 Å². The summed E-state index contributed by atoms with van der Waals surface area (Å²) in [6.07, 6.45) is 2.13. The van der Waals surface area contributed by atoms with Gasteiger partial charge in [-0.2, -0.15) is 0 Å². The van der Waals surface area contributed by atoms with Gasteiger partial charge < -0.3 is 0 Å². The number of hydrogen-bond donors (Lipinski definition) is 0. The standard InChI is InChI=1S/C17H16/c1-14(2)13-17(15-9-5-3-6-10-15)16-11-7-4-8-12-16/h3-13H,1H2,2H3. The zero-order valence-corrected chi connectivity index (χ0v) is 10.1. The van der Waals surface area contributed by atoms with Crippen LogP contribution in [-0.2, 0) is 0 Å². The highest BCUT2D eigenvalue weighted by molar-refractivity contribution is 5.81. The Morgan fingerprint density at radius 1 is 0.824 bits per heavy atom. The van der Waals surface area contributed by atoms with E-state index in [0.717, 1.165) is 5.57 Å². The van der Waals surface area contributed by atoms with E-state index in [0.29, 0.717) is 0 Å². The van der Waals surface area contributed by atoms with Crippen molar-refractivity contribution in [2.45, 2.75) is 6.92 Å². The molecule has 0 saturated carbocycles. The molecule has 84 valence electrons. The van der Waals surface area contributed by atoms with Crippen LogP contribution in [0, 0.1) is 0 Å². The molecule has 0 aliphatic carbocycles. The van der Waals surface area contributed by atoms with Gasteiger partial charge in [0.15, 0.2) is 0 Å². The van der Waals surface area contributed by atoms with Gasteiger partial charge in [0.05, 0.1) is 0 Å². The van der Waals surface area contributed by atoms with Crippen LogP contribution < -0.4 is 0 Å². The quantitative estimate of drug-likeness (QED) is 0.658. The van der Waals surface area contributed by atoms with Crippen LogP contribution in [0.4, 0.5) is 0 Å². The van der Waals surface area contributed by atoms with Crippen molar-refractivity contribution in [2.75, 3.05) is 0 Å². The van der Waals surface area contributed by atoms with Crippen molar-refractivity contribution in [3.63, 3.8) is 0 Å². The topological polar surface area (TPSA) is 0 Å². The van der Waals surface area contributed by atoms with Crippen LogP contribution in [0.25, 0.3) is 5.57 Å². The molecule has 0 bridgehead atoms. The SMILES string of the molecule is C=C(C)C=C(c1ccccc1)c1ccccc1. The predicted molar refractivity (Wildman–Crippen MR) is 74.8 cm³/mol. The maximum absolute atomic E-state index is 3.97. The van der Waals surface area contributed by atoms with Crippen molar-refractivity contribution in [1.82, 2.24) is 0 Å². The second-order valence-corrected chi connectivity index (χ2v) is 4.14. The molecule has 0 heterocycles. The summed E-state index contributed by atoms with van der Waals surface area (Å²) in [7, 11) is 0. The van der Waals surface area contributed by atoms with Gasteiger partial charge in [-0.3, -0.25) is 0 Å². The summed E-state index contributed by atoms with van der Waals surface area (Å²) in [4.78, 5) is 0. The molecular weight excluding hydrogens is 204 g/mol. The van der Waals surface area contributed by atoms with E-state index >= 15 is 0 Å².